The molecule has 9 heteroatoms. The van der Waals surface area contributed by atoms with Crippen LogP contribution in [0.15, 0.2) is 24.3 Å². The van der Waals surface area contributed by atoms with Crippen LogP contribution in [0.3, 0.4) is 0 Å². The number of carbonyl (C=O) groups excluding carboxylic acids is 1. The molecule has 6 nitrogen and oxygen atoms in total. The minimum atomic E-state index is -4.56. The first kappa shape index (κ1) is 13.9. The third-order valence-electron chi connectivity index (χ3n) is 1.45. The van der Waals surface area contributed by atoms with E-state index in [1.165, 1.54) is 12.1 Å². The maximum absolute atomic E-state index is 12.5. The van der Waals surface area contributed by atoms with Crippen LogP contribution in [0.25, 0.3) is 0 Å². The van der Waals surface area contributed by atoms with Crippen molar-refractivity contribution in [3.63, 3.8) is 0 Å². The van der Waals surface area contributed by atoms with Gasteiger partial charge in [0.25, 0.3) is 0 Å². The highest BCUT2D eigenvalue weighted by atomic mass is 32.3. The number of hydrogen-bond acceptors (Lipinski definition) is 5. The molecule has 0 aromatic heterocycles. The summed E-state index contributed by atoms with van der Waals surface area (Å²) in [5.41, 5.74) is 0.365. The van der Waals surface area contributed by atoms with Gasteiger partial charge in [0.05, 0.1) is 0 Å². The van der Waals surface area contributed by atoms with Gasteiger partial charge >= 0.3 is 10.4 Å². The normalized spacial score (nSPS) is 11.2. The van der Waals surface area contributed by atoms with Crippen molar-refractivity contribution in [2.45, 2.75) is 0 Å². The number of carbonyl (C=O) groups is 1. The molecule has 0 saturated heterocycles. The van der Waals surface area contributed by atoms with Crippen molar-refractivity contribution in [3.8, 4) is 0 Å². The molecule has 0 spiro atoms. The Bertz CT molecular complexity index is 487. The molecular weight excluding hydrogens is 273 g/mol. The van der Waals surface area contributed by atoms with Gasteiger partial charge in [-0.3, -0.25) is 9.35 Å². The molecule has 1 rings (SSSR count). The molecule has 1 amide bonds. The van der Waals surface area contributed by atoms with Crippen LogP contribution in [-0.2, 0) is 18.8 Å². The van der Waals surface area contributed by atoms with Gasteiger partial charge in [-0.15, -0.1) is 0 Å². The van der Waals surface area contributed by atoms with E-state index in [2.05, 4.69) is 8.95 Å². The second-order valence-corrected chi connectivity index (χ2v) is 4.74. The van der Waals surface area contributed by atoms with Gasteiger partial charge in [0, 0.05) is 17.7 Å². The molecule has 0 atom stereocenters. The minimum absolute atomic E-state index is 0.267. The summed E-state index contributed by atoms with van der Waals surface area (Å²) in [6.45, 7) is 0. The Morgan fingerprint density at radius 1 is 1.41 bits per heavy atom. The van der Waals surface area contributed by atoms with Crippen molar-refractivity contribution in [2.24, 2.45) is 0 Å². The number of anilines is 1. The summed E-state index contributed by atoms with van der Waals surface area (Å²) in [5, 5.41) is 2.37. The number of amides is 1. The minimum Gasteiger partial charge on any atom is -0.325 e. The Kier molecular flexibility index (Phi) is 4.87. The van der Waals surface area contributed by atoms with E-state index in [4.69, 9.17) is 4.55 Å². The lowest BCUT2D eigenvalue weighted by molar-refractivity contribution is -0.113. The molecule has 0 saturated carbocycles. The summed E-state index contributed by atoms with van der Waals surface area (Å²) in [4.78, 5) is 11.2. The fourth-order valence-corrected chi connectivity index (χ4v) is 1.73. The van der Waals surface area contributed by atoms with Gasteiger partial charge in [-0.2, -0.15) is 12.0 Å². The Labute approximate surface area is 101 Å². The summed E-state index contributed by atoms with van der Waals surface area (Å²) in [7, 11) is -4.56. The smallest absolute Gasteiger partial charge is 0.325 e. The van der Waals surface area contributed by atoms with Crippen LogP contribution < -0.4 is 5.32 Å². The largest absolute Gasteiger partial charge is 0.408 e. The van der Waals surface area contributed by atoms with E-state index in [0.717, 1.165) is 12.1 Å². The molecule has 0 fully saturated rings. The lowest BCUT2D eigenvalue weighted by Crippen LogP contribution is -2.14. The Balaban J connectivity index is 2.37. The topological polar surface area (TPSA) is 92.7 Å². The molecule has 0 aliphatic heterocycles. The zero-order valence-electron chi connectivity index (χ0n) is 8.29. The summed E-state index contributed by atoms with van der Waals surface area (Å²) >= 11 is 0.267. The van der Waals surface area contributed by atoms with Crippen molar-refractivity contribution in [1.82, 2.24) is 0 Å². The second kappa shape index (κ2) is 5.96. The third kappa shape index (κ3) is 6.22. The zero-order chi connectivity index (χ0) is 12.9. The Morgan fingerprint density at radius 3 is 2.53 bits per heavy atom. The molecule has 0 radical (unpaired) electrons. The molecule has 0 aliphatic rings. The number of hydrogen-bond donors (Lipinski definition) is 2. The maximum atomic E-state index is 12.5. The first-order valence-corrected chi connectivity index (χ1v) is 6.48. The Morgan fingerprint density at radius 2 is 2.00 bits per heavy atom. The standard InChI is InChI=1S/C8H8FNO5S2/c9-6-1-3-7(4-2-6)10-8(11)5-16-15-17(12,13)14/h1-4H,5H2,(H,10,11)(H,12,13,14). The molecule has 0 unspecified atom stereocenters. The molecule has 94 valence electrons. The molecular formula is C8H8FNO5S2. The van der Waals surface area contributed by atoms with Crippen LogP contribution in [0, 0.1) is 5.82 Å². The highest BCUT2D eigenvalue weighted by Gasteiger charge is 2.08. The summed E-state index contributed by atoms with van der Waals surface area (Å²) in [6, 6.07) is 5.03. The molecule has 17 heavy (non-hydrogen) atoms. The van der Waals surface area contributed by atoms with E-state index in [0.29, 0.717) is 5.69 Å². The van der Waals surface area contributed by atoms with E-state index < -0.39 is 22.1 Å². The van der Waals surface area contributed by atoms with Crippen LogP contribution in [0.5, 0.6) is 0 Å². The van der Waals surface area contributed by atoms with Gasteiger partial charge in [0.2, 0.25) is 5.91 Å². The molecule has 2 N–H and O–H groups in total. The monoisotopic (exact) mass is 281 g/mol. The number of halogens is 1. The zero-order valence-corrected chi connectivity index (χ0v) is 9.92. The van der Waals surface area contributed by atoms with Gasteiger partial charge < -0.3 is 5.32 Å². The average molecular weight is 281 g/mol. The lowest BCUT2D eigenvalue weighted by Gasteiger charge is -2.03. The number of benzene rings is 1. The fraction of sp³-hybridized carbons (Fsp3) is 0.125. The van der Waals surface area contributed by atoms with Crippen molar-refractivity contribution < 1.29 is 25.8 Å². The van der Waals surface area contributed by atoms with Gasteiger partial charge in [0.15, 0.2) is 0 Å². The van der Waals surface area contributed by atoms with Crippen LogP contribution in [0.1, 0.15) is 0 Å². The Hall–Kier alpha value is -1.16. The highest BCUT2D eigenvalue weighted by Crippen LogP contribution is 2.10. The van der Waals surface area contributed by atoms with Crippen LogP contribution in [-0.4, -0.2) is 24.6 Å². The van der Waals surface area contributed by atoms with Gasteiger partial charge in [-0.05, 0) is 24.3 Å². The SMILES string of the molecule is O=C(CSOS(=O)(=O)O)Nc1ccc(F)cc1. The number of rotatable bonds is 5. The third-order valence-corrected chi connectivity index (χ3v) is 2.90. The van der Waals surface area contributed by atoms with Crippen LogP contribution >= 0.6 is 12.0 Å². The first-order chi connectivity index (χ1) is 7.87. The summed E-state index contributed by atoms with van der Waals surface area (Å²) in [5.74, 6) is -1.32. The molecule has 0 heterocycles. The molecule has 0 bridgehead atoms. The lowest BCUT2D eigenvalue weighted by atomic mass is 10.3. The quantitative estimate of drug-likeness (QED) is 0.623. The molecule has 1 aromatic carbocycles. The maximum Gasteiger partial charge on any atom is 0.408 e. The van der Waals surface area contributed by atoms with Gasteiger partial charge in [-0.25, -0.2) is 4.39 Å². The van der Waals surface area contributed by atoms with E-state index in [1.807, 2.05) is 0 Å². The molecule has 1 aromatic rings. The van der Waals surface area contributed by atoms with Crippen molar-refractivity contribution in [3.05, 3.63) is 30.1 Å². The van der Waals surface area contributed by atoms with Crippen molar-refractivity contribution in [2.75, 3.05) is 11.1 Å². The number of nitrogens with one attached hydrogen (secondary N) is 1. The van der Waals surface area contributed by atoms with E-state index in [9.17, 15) is 17.6 Å². The second-order valence-electron chi connectivity index (χ2n) is 2.81. The fourth-order valence-electron chi connectivity index (χ4n) is 0.869. The van der Waals surface area contributed by atoms with Gasteiger partial charge in [-0.1, -0.05) is 0 Å². The van der Waals surface area contributed by atoms with E-state index in [1.54, 1.807) is 0 Å². The van der Waals surface area contributed by atoms with Crippen LogP contribution in [0.2, 0.25) is 0 Å². The van der Waals surface area contributed by atoms with Gasteiger partial charge in [0.1, 0.15) is 11.6 Å². The molecule has 0 aliphatic carbocycles. The summed E-state index contributed by atoms with van der Waals surface area (Å²) < 4.78 is 44.9. The summed E-state index contributed by atoms with van der Waals surface area (Å²) in [6.07, 6.45) is 0. The van der Waals surface area contributed by atoms with Crippen molar-refractivity contribution in [1.29, 1.82) is 0 Å². The van der Waals surface area contributed by atoms with E-state index >= 15 is 0 Å². The van der Waals surface area contributed by atoms with E-state index in [-0.39, 0.29) is 17.8 Å². The average Bonchev–Trinajstić information content (AvgIpc) is 2.19. The predicted molar refractivity (Wildman–Crippen MR) is 60.1 cm³/mol. The van der Waals surface area contributed by atoms with Crippen LogP contribution in [0.4, 0.5) is 10.1 Å². The highest BCUT2D eigenvalue weighted by molar-refractivity contribution is 8.03. The predicted octanol–water partition coefficient (Wildman–Crippen LogP) is 1.23. The van der Waals surface area contributed by atoms with Crippen molar-refractivity contribution >= 4 is 34.0 Å². The first-order valence-electron chi connectivity index (χ1n) is 4.21.